The maximum atomic E-state index is 14.2. The van der Waals surface area contributed by atoms with Crippen LogP contribution in [0.3, 0.4) is 0 Å². The minimum atomic E-state index is -0.657. The summed E-state index contributed by atoms with van der Waals surface area (Å²) in [6, 6.07) is 2.82. The van der Waals surface area contributed by atoms with Gasteiger partial charge in [0.25, 0.3) is 0 Å². The first-order valence-corrected chi connectivity index (χ1v) is 7.17. The van der Waals surface area contributed by atoms with Crippen LogP contribution in [0, 0.1) is 11.6 Å². The van der Waals surface area contributed by atoms with Crippen molar-refractivity contribution in [1.82, 2.24) is 19.9 Å². The molecule has 6 nitrogen and oxygen atoms in total. The van der Waals surface area contributed by atoms with E-state index in [-0.39, 0.29) is 12.1 Å². The van der Waals surface area contributed by atoms with E-state index in [9.17, 15) is 13.9 Å². The monoisotopic (exact) mass is 317 g/mol. The number of aromatic nitrogens is 4. The highest BCUT2D eigenvalue weighted by Crippen LogP contribution is 2.38. The lowest BCUT2D eigenvalue weighted by Crippen LogP contribution is -2.26. The highest BCUT2D eigenvalue weighted by Gasteiger charge is 2.36. The van der Waals surface area contributed by atoms with Crippen LogP contribution in [-0.4, -0.2) is 37.7 Å². The predicted molar refractivity (Wildman–Crippen MR) is 78.8 cm³/mol. The summed E-state index contributed by atoms with van der Waals surface area (Å²) >= 11 is 0. The molecule has 0 bridgehead atoms. The molecule has 0 unspecified atom stereocenters. The van der Waals surface area contributed by atoms with Crippen LogP contribution < -0.4 is 4.90 Å². The first-order valence-electron chi connectivity index (χ1n) is 7.17. The number of β-amino-alcohol motifs (C(OH)–C–C–N with tert-alkyl or cyclic N) is 1. The van der Waals surface area contributed by atoms with Crippen molar-refractivity contribution in [2.45, 2.75) is 18.6 Å². The summed E-state index contributed by atoms with van der Waals surface area (Å²) in [5, 5.41) is 10.0. The lowest BCUT2D eigenvalue weighted by Gasteiger charge is -2.26. The Morgan fingerprint density at radius 2 is 2.09 bits per heavy atom. The van der Waals surface area contributed by atoms with E-state index in [0.717, 1.165) is 18.2 Å². The zero-order valence-corrected chi connectivity index (χ0v) is 11.9. The third kappa shape index (κ3) is 2.31. The molecule has 0 spiro atoms. The molecule has 3 heterocycles. The van der Waals surface area contributed by atoms with E-state index in [1.165, 1.54) is 12.7 Å². The Morgan fingerprint density at radius 3 is 2.96 bits per heavy atom. The number of imidazole rings is 1. The molecule has 2 N–H and O–H groups in total. The van der Waals surface area contributed by atoms with Crippen LogP contribution in [0.1, 0.15) is 18.0 Å². The van der Waals surface area contributed by atoms with Crippen LogP contribution in [0.15, 0.2) is 30.9 Å². The first kappa shape index (κ1) is 14.0. The molecule has 4 rings (SSSR count). The van der Waals surface area contributed by atoms with Gasteiger partial charge in [0.1, 0.15) is 23.5 Å². The molecule has 1 fully saturated rings. The number of nitrogens with one attached hydrogen (secondary N) is 1. The molecule has 118 valence electrons. The van der Waals surface area contributed by atoms with Crippen molar-refractivity contribution in [3.05, 3.63) is 48.1 Å². The molecule has 0 aliphatic carbocycles. The normalized spacial score (nSPS) is 21.3. The Morgan fingerprint density at radius 1 is 1.22 bits per heavy atom. The van der Waals surface area contributed by atoms with Gasteiger partial charge in [0.05, 0.1) is 18.5 Å². The summed E-state index contributed by atoms with van der Waals surface area (Å²) in [5.74, 6) is -0.514. The van der Waals surface area contributed by atoms with Crippen molar-refractivity contribution in [1.29, 1.82) is 0 Å². The van der Waals surface area contributed by atoms with Gasteiger partial charge in [0.15, 0.2) is 11.5 Å². The summed E-state index contributed by atoms with van der Waals surface area (Å²) in [7, 11) is 0. The SMILES string of the molecule is O[C@@H]1C[C@H](c2cc(F)ccc2F)N(c2ncnc3nc[nH]c23)C1. The Kier molecular flexibility index (Phi) is 3.19. The highest BCUT2D eigenvalue weighted by molar-refractivity contribution is 5.83. The molecule has 1 saturated heterocycles. The van der Waals surface area contributed by atoms with Crippen molar-refractivity contribution in [2.24, 2.45) is 0 Å². The molecule has 0 amide bonds. The minimum absolute atomic E-state index is 0.202. The van der Waals surface area contributed by atoms with Gasteiger partial charge < -0.3 is 15.0 Å². The molecule has 0 saturated carbocycles. The van der Waals surface area contributed by atoms with E-state index in [4.69, 9.17) is 0 Å². The number of halogens is 2. The number of hydrogen-bond donors (Lipinski definition) is 2. The number of nitrogens with zero attached hydrogens (tertiary/aromatic N) is 4. The number of aliphatic hydroxyl groups is 1. The average Bonchev–Trinajstić information content (AvgIpc) is 3.15. The van der Waals surface area contributed by atoms with Crippen LogP contribution >= 0.6 is 0 Å². The number of aliphatic hydroxyl groups excluding tert-OH is 1. The van der Waals surface area contributed by atoms with Crippen LogP contribution in [-0.2, 0) is 0 Å². The molecule has 2 aromatic heterocycles. The molecule has 23 heavy (non-hydrogen) atoms. The van der Waals surface area contributed by atoms with E-state index >= 15 is 0 Å². The lowest BCUT2D eigenvalue weighted by atomic mass is 10.0. The van der Waals surface area contributed by atoms with Gasteiger partial charge in [-0.05, 0) is 24.6 Å². The topological polar surface area (TPSA) is 77.9 Å². The Hall–Kier alpha value is -2.61. The zero-order chi connectivity index (χ0) is 16.0. The number of anilines is 1. The molecule has 3 aromatic rings. The summed E-state index contributed by atoms with van der Waals surface area (Å²) in [6.07, 6.45) is 2.49. The number of fused-ring (bicyclic) bond motifs is 1. The lowest BCUT2D eigenvalue weighted by molar-refractivity contribution is 0.194. The van der Waals surface area contributed by atoms with Crippen molar-refractivity contribution < 1.29 is 13.9 Å². The van der Waals surface area contributed by atoms with Crippen LogP contribution in [0.4, 0.5) is 14.6 Å². The third-order valence-electron chi connectivity index (χ3n) is 4.07. The fraction of sp³-hybridized carbons (Fsp3) is 0.267. The average molecular weight is 317 g/mol. The predicted octanol–water partition coefficient (Wildman–Crippen LogP) is 1.94. The molecule has 2 atom stereocenters. The van der Waals surface area contributed by atoms with Crippen LogP contribution in [0.25, 0.3) is 11.2 Å². The van der Waals surface area contributed by atoms with Crippen molar-refractivity contribution in [3.63, 3.8) is 0 Å². The summed E-state index contributed by atoms with van der Waals surface area (Å²) in [5.41, 5.74) is 1.28. The van der Waals surface area contributed by atoms with Gasteiger partial charge in [-0.15, -0.1) is 0 Å². The zero-order valence-electron chi connectivity index (χ0n) is 11.9. The molecular weight excluding hydrogens is 304 g/mol. The minimum Gasteiger partial charge on any atom is -0.391 e. The molecule has 1 aliphatic heterocycles. The maximum Gasteiger partial charge on any atom is 0.182 e. The fourth-order valence-electron chi connectivity index (χ4n) is 3.08. The number of aromatic amines is 1. The first-order chi connectivity index (χ1) is 11.1. The van der Waals surface area contributed by atoms with Crippen LogP contribution in [0.5, 0.6) is 0 Å². The van der Waals surface area contributed by atoms with Gasteiger partial charge in [-0.25, -0.2) is 23.7 Å². The van der Waals surface area contributed by atoms with Crippen LogP contribution in [0.2, 0.25) is 0 Å². The molecule has 1 aliphatic rings. The molecular formula is C15H13F2N5O. The fourth-order valence-corrected chi connectivity index (χ4v) is 3.08. The standard InChI is InChI=1S/C15H13F2N5O/c16-8-1-2-11(17)10(3-8)12-4-9(23)5-22(12)15-13-14(19-6-18-13)20-7-21-15/h1-3,6-7,9,12,23H,4-5H2,(H,18,19,20,21)/t9-,12-/m1/s1. The third-order valence-corrected chi connectivity index (χ3v) is 4.07. The number of H-pyrrole nitrogens is 1. The van der Waals surface area contributed by atoms with Gasteiger partial charge in [0, 0.05) is 12.1 Å². The Bertz CT molecular complexity index is 868. The van der Waals surface area contributed by atoms with Crippen molar-refractivity contribution >= 4 is 17.0 Å². The van der Waals surface area contributed by atoms with E-state index in [1.54, 1.807) is 4.90 Å². The molecule has 0 radical (unpaired) electrons. The second-order valence-electron chi connectivity index (χ2n) is 5.52. The largest absolute Gasteiger partial charge is 0.391 e. The van der Waals surface area contributed by atoms with Gasteiger partial charge in [-0.3, -0.25) is 0 Å². The smallest absolute Gasteiger partial charge is 0.182 e. The van der Waals surface area contributed by atoms with Gasteiger partial charge >= 0.3 is 0 Å². The van der Waals surface area contributed by atoms with E-state index < -0.39 is 23.8 Å². The summed E-state index contributed by atoms with van der Waals surface area (Å²) in [6.45, 7) is 0.270. The van der Waals surface area contributed by atoms with E-state index in [0.29, 0.717) is 23.4 Å². The summed E-state index contributed by atoms with van der Waals surface area (Å²) < 4.78 is 27.7. The highest BCUT2D eigenvalue weighted by atomic mass is 19.1. The van der Waals surface area contributed by atoms with E-state index in [1.807, 2.05) is 0 Å². The second-order valence-corrected chi connectivity index (χ2v) is 5.52. The summed E-state index contributed by atoms with van der Waals surface area (Å²) in [4.78, 5) is 17.1. The van der Waals surface area contributed by atoms with Crippen molar-refractivity contribution in [2.75, 3.05) is 11.4 Å². The number of benzene rings is 1. The maximum absolute atomic E-state index is 14.2. The number of hydrogen-bond acceptors (Lipinski definition) is 5. The quantitative estimate of drug-likeness (QED) is 0.755. The van der Waals surface area contributed by atoms with Gasteiger partial charge in [0.2, 0.25) is 0 Å². The Balaban J connectivity index is 1.83. The van der Waals surface area contributed by atoms with Gasteiger partial charge in [-0.1, -0.05) is 0 Å². The molecule has 8 heteroatoms. The Labute approximate surface area is 129 Å². The molecule has 1 aromatic carbocycles. The van der Waals surface area contributed by atoms with Crippen molar-refractivity contribution in [3.8, 4) is 0 Å². The van der Waals surface area contributed by atoms with E-state index in [2.05, 4.69) is 19.9 Å². The number of rotatable bonds is 2. The van der Waals surface area contributed by atoms with Gasteiger partial charge in [-0.2, -0.15) is 0 Å². The second kappa shape index (κ2) is 5.24.